The van der Waals surface area contributed by atoms with Crippen LogP contribution in [0.2, 0.25) is 5.02 Å². The summed E-state index contributed by atoms with van der Waals surface area (Å²) in [6, 6.07) is 3.84. The van der Waals surface area contributed by atoms with Gasteiger partial charge in [0.1, 0.15) is 5.75 Å². The van der Waals surface area contributed by atoms with Crippen LogP contribution in [0, 0.1) is 12.8 Å². The average molecular weight is 240 g/mol. The van der Waals surface area contributed by atoms with Crippen molar-refractivity contribution in [2.75, 3.05) is 13.1 Å². The van der Waals surface area contributed by atoms with Crippen molar-refractivity contribution in [3.8, 4) is 5.75 Å². The van der Waals surface area contributed by atoms with Crippen LogP contribution >= 0.6 is 11.6 Å². The average Bonchev–Trinajstić information content (AvgIpc) is 2.27. The number of phenols is 1. The molecule has 2 nitrogen and oxygen atoms in total. The molecule has 0 saturated carbocycles. The van der Waals surface area contributed by atoms with Gasteiger partial charge in [-0.3, -0.25) is 0 Å². The minimum absolute atomic E-state index is 0.316. The molecular formula is C13H18ClNO. The Morgan fingerprint density at radius 1 is 1.38 bits per heavy atom. The third-order valence-electron chi connectivity index (χ3n) is 3.36. The van der Waals surface area contributed by atoms with Crippen LogP contribution in [0.15, 0.2) is 12.1 Å². The summed E-state index contributed by atoms with van der Waals surface area (Å²) in [4.78, 5) is 0. The Kier molecular flexibility index (Phi) is 3.72. The highest BCUT2D eigenvalue weighted by Gasteiger charge is 2.14. The van der Waals surface area contributed by atoms with Gasteiger partial charge in [0.15, 0.2) is 0 Å². The predicted octanol–water partition coefficient (Wildman–Crippen LogP) is 2.90. The van der Waals surface area contributed by atoms with Gasteiger partial charge in [-0.05, 0) is 62.9 Å². The van der Waals surface area contributed by atoms with Gasteiger partial charge in [0, 0.05) is 10.6 Å². The molecule has 0 bridgehead atoms. The molecule has 0 aliphatic carbocycles. The summed E-state index contributed by atoms with van der Waals surface area (Å²) in [7, 11) is 0. The van der Waals surface area contributed by atoms with Crippen LogP contribution in [0.5, 0.6) is 5.75 Å². The topological polar surface area (TPSA) is 32.3 Å². The van der Waals surface area contributed by atoms with Gasteiger partial charge in [-0.25, -0.2) is 0 Å². The normalized spacial score (nSPS) is 17.6. The van der Waals surface area contributed by atoms with Gasteiger partial charge in [-0.15, -0.1) is 0 Å². The number of phenolic OH excluding ortho intramolecular Hbond substituents is 1. The Labute approximate surface area is 102 Å². The Morgan fingerprint density at radius 2 is 2.06 bits per heavy atom. The quantitative estimate of drug-likeness (QED) is 0.832. The summed E-state index contributed by atoms with van der Waals surface area (Å²) >= 11 is 6.06. The maximum atomic E-state index is 9.71. The van der Waals surface area contributed by atoms with Crippen molar-refractivity contribution in [1.82, 2.24) is 5.32 Å². The second kappa shape index (κ2) is 5.07. The first-order chi connectivity index (χ1) is 7.66. The molecule has 1 heterocycles. The Bertz CT molecular complexity index is 349. The number of halogens is 1. The predicted molar refractivity (Wildman–Crippen MR) is 67.2 cm³/mol. The lowest BCUT2D eigenvalue weighted by Crippen LogP contribution is -2.28. The van der Waals surface area contributed by atoms with E-state index in [1.807, 2.05) is 19.1 Å². The highest BCUT2D eigenvalue weighted by molar-refractivity contribution is 6.31. The van der Waals surface area contributed by atoms with E-state index >= 15 is 0 Å². The number of aromatic hydroxyl groups is 1. The first kappa shape index (κ1) is 11.7. The molecule has 0 spiro atoms. The Hall–Kier alpha value is -0.730. The Morgan fingerprint density at radius 3 is 2.69 bits per heavy atom. The largest absolute Gasteiger partial charge is 0.508 e. The van der Waals surface area contributed by atoms with E-state index in [1.165, 1.54) is 12.8 Å². The van der Waals surface area contributed by atoms with Crippen molar-refractivity contribution in [2.45, 2.75) is 26.2 Å². The van der Waals surface area contributed by atoms with E-state index < -0.39 is 0 Å². The van der Waals surface area contributed by atoms with Crippen LogP contribution in [0.4, 0.5) is 0 Å². The zero-order valence-electron chi connectivity index (χ0n) is 9.59. The van der Waals surface area contributed by atoms with Gasteiger partial charge >= 0.3 is 0 Å². The molecule has 2 N–H and O–H groups in total. The summed E-state index contributed by atoms with van der Waals surface area (Å²) < 4.78 is 0. The van der Waals surface area contributed by atoms with E-state index in [1.54, 1.807) is 0 Å². The maximum absolute atomic E-state index is 9.71. The van der Waals surface area contributed by atoms with Crippen molar-refractivity contribution >= 4 is 11.6 Å². The van der Waals surface area contributed by atoms with Crippen molar-refractivity contribution < 1.29 is 5.11 Å². The van der Waals surface area contributed by atoms with Crippen molar-refractivity contribution in [3.63, 3.8) is 0 Å². The molecule has 0 aromatic heterocycles. The fourth-order valence-electron chi connectivity index (χ4n) is 2.26. The molecule has 0 unspecified atom stereocenters. The highest BCUT2D eigenvalue weighted by atomic mass is 35.5. The number of benzene rings is 1. The lowest BCUT2D eigenvalue weighted by molar-refractivity contribution is 0.372. The first-order valence-electron chi connectivity index (χ1n) is 5.85. The van der Waals surface area contributed by atoms with E-state index in [9.17, 15) is 5.11 Å². The summed E-state index contributed by atoms with van der Waals surface area (Å²) in [5.41, 5.74) is 1.93. The lowest BCUT2D eigenvalue weighted by atomic mass is 9.90. The van der Waals surface area contributed by atoms with Crippen LogP contribution in [-0.2, 0) is 6.42 Å². The van der Waals surface area contributed by atoms with Crippen molar-refractivity contribution in [3.05, 3.63) is 28.3 Å². The molecule has 88 valence electrons. The minimum Gasteiger partial charge on any atom is -0.508 e. The lowest BCUT2D eigenvalue weighted by Gasteiger charge is -2.22. The molecular weight excluding hydrogens is 222 g/mol. The van der Waals surface area contributed by atoms with E-state index in [-0.39, 0.29) is 0 Å². The van der Waals surface area contributed by atoms with Gasteiger partial charge in [0.2, 0.25) is 0 Å². The molecule has 16 heavy (non-hydrogen) atoms. The van der Waals surface area contributed by atoms with Gasteiger partial charge in [0.25, 0.3) is 0 Å². The van der Waals surface area contributed by atoms with Gasteiger partial charge in [-0.1, -0.05) is 11.6 Å². The number of hydrogen-bond donors (Lipinski definition) is 2. The number of nitrogens with one attached hydrogen (secondary N) is 1. The summed E-state index contributed by atoms with van der Waals surface area (Å²) in [5.74, 6) is 1.04. The number of rotatable bonds is 2. The highest BCUT2D eigenvalue weighted by Crippen LogP contribution is 2.28. The van der Waals surface area contributed by atoms with Gasteiger partial charge < -0.3 is 10.4 Å². The van der Waals surface area contributed by atoms with Crippen LogP contribution in [0.25, 0.3) is 0 Å². The molecule has 3 heteroatoms. The second-order valence-corrected chi connectivity index (χ2v) is 5.03. The molecule has 1 aliphatic heterocycles. The molecule has 1 aromatic carbocycles. The van der Waals surface area contributed by atoms with Gasteiger partial charge in [-0.2, -0.15) is 0 Å². The van der Waals surface area contributed by atoms with Gasteiger partial charge in [0.05, 0.1) is 0 Å². The van der Waals surface area contributed by atoms with Crippen LogP contribution in [0.3, 0.4) is 0 Å². The summed E-state index contributed by atoms with van der Waals surface area (Å²) in [5, 5.41) is 13.7. The molecule has 1 aromatic rings. The Balaban J connectivity index is 2.09. The molecule has 1 aliphatic rings. The second-order valence-electron chi connectivity index (χ2n) is 4.62. The monoisotopic (exact) mass is 239 g/mol. The van der Waals surface area contributed by atoms with Crippen LogP contribution in [0.1, 0.15) is 24.0 Å². The smallest absolute Gasteiger partial charge is 0.120 e. The van der Waals surface area contributed by atoms with E-state index in [0.29, 0.717) is 10.8 Å². The molecule has 0 radical (unpaired) electrons. The zero-order chi connectivity index (χ0) is 11.5. The molecule has 0 amide bonds. The third kappa shape index (κ3) is 2.69. The van der Waals surface area contributed by atoms with Crippen molar-refractivity contribution in [1.29, 1.82) is 0 Å². The summed E-state index contributed by atoms with van der Waals surface area (Å²) in [6.07, 6.45) is 3.45. The van der Waals surface area contributed by atoms with E-state index in [0.717, 1.165) is 36.6 Å². The molecule has 0 atom stereocenters. The molecule has 1 fully saturated rings. The number of piperidine rings is 1. The minimum atomic E-state index is 0.316. The molecule has 1 saturated heterocycles. The fraction of sp³-hybridized carbons (Fsp3) is 0.538. The van der Waals surface area contributed by atoms with E-state index in [2.05, 4.69) is 5.32 Å². The molecule has 2 rings (SSSR count). The standard InChI is InChI=1S/C13H18ClNO/c1-9-12(14)7-11(8-13(9)16)6-10-2-4-15-5-3-10/h7-8,10,15-16H,2-6H2,1H3. The zero-order valence-corrected chi connectivity index (χ0v) is 10.3. The SMILES string of the molecule is Cc1c(O)cc(CC2CCNCC2)cc1Cl. The van der Waals surface area contributed by atoms with Crippen molar-refractivity contribution in [2.24, 2.45) is 5.92 Å². The number of hydrogen-bond acceptors (Lipinski definition) is 2. The van der Waals surface area contributed by atoms with Crippen LogP contribution in [-0.4, -0.2) is 18.2 Å². The summed E-state index contributed by atoms with van der Waals surface area (Å²) in [6.45, 7) is 4.05. The maximum Gasteiger partial charge on any atom is 0.120 e. The third-order valence-corrected chi connectivity index (χ3v) is 3.75. The van der Waals surface area contributed by atoms with E-state index in [4.69, 9.17) is 11.6 Å². The first-order valence-corrected chi connectivity index (χ1v) is 6.23. The fourth-order valence-corrected chi connectivity index (χ4v) is 2.49. The van der Waals surface area contributed by atoms with Crippen LogP contribution < -0.4 is 5.32 Å².